The van der Waals surface area contributed by atoms with Crippen LogP contribution in [-0.4, -0.2) is 95.3 Å². The van der Waals surface area contributed by atoms with Crippen LogP contribution in [-0.2, 0) is 43.4 Å². The van der Waals surface area contributed by atoms with Crippen molar-refractivity contribution >= 4 is 52.2 Å². The lowest BCUT2D eigenvalue weighted by Crippen LogP contribution is -2.59. The highest BCUT2D eigenvalue weighted by Crippen LogP contribution is 2.27. The van der Waals surface area contributed by atoms with Crippen LogP contribution < -0.4 is 44.2 Å². The minimum Gasteiger partial charge on any atom is -0.508 e. The second kappa shape index (κ2) is 17.9. The third-order valence-electron chi connectivity index (χ3n) is 9.40. The van der Waals surface area contributed by atoms with Gasteiger partial charge in [-0.15, -0.1) is 0 Å². The molecule has 5 amide bonds. The number of benzene rings is 3. The quantitative estimate of drug-likeness (QED) is 0.0675. The lowest BCUT2D eigenvalue weighted by Gasteiger charge is -2.37. The fourth-order valence-electron chi connectivity index (χ4n) is 6.62. The predicted octanol–water partition coefficient (Wildman–Crippen LogP) is -1.27. The summed E-state index contributed by atoms with van der Waals surface area (Å²) in [4.78, 5) is 79.0. The van der Waals surface area contributed by atoms with Gasteiger partial charge in [0.15, 0.2) is 11.9 Å². The molecule has 0 saturated carbocycles. The third kappa shape index (κ3) is 10.4. The van der Waals surface area contributed by atoms with Crippen LogP contribution in [0.4, 0.5) is 0 Å². The molecule has 54 heavy (non-hydrogen) atoms. The number of hydrogen-bond donors (Lipinski definition) is 9. The monoisotopic (exact) mass is 741 g/mol. The van der Waals surface area contributed by atoms with Gasteiger partial charge in [0.25, 0.3) is 0 Å². The molecule has 2 aliphatic rings. The number of hydrogen-bond acceptors (Lipinski definition) is 8. The summed E-state index contributed by atoms with van der Waals surface area (Å²) in [5.41, 5.74) is 24.1. The number of guanidine groups is 2. The van der Waals surface area contributed by atoms with E-state index in [1.165, 1.54) is 17.0 Å². The second-order valence-electron chi connectivity index (χ2n) is 13.4. The van der Waals surface area contributed by atoms with Gasteiger partial charge in [-0.05, 0) is 65.3 Å². The van der Waals surface area contributed by atoms with Crippen LogP contribution in [0.1, 0.15) is 42.4 Å². The average molecular weight is 742 g/mol. The molecule has 4 atom stereocenters. The molecule has 1 fully saturated rings. The van der Waals surface area contributed by atoms with Crippen LogP contribution in [0.2, 0.25) is 0 Å². The van der Waals surface area contributed by atoms with E-state index in [4.69, 9.17) is 22.9 Å². The Balaban J connectivity index is 1.50. The number of rotatable bonds is 10. The number of fused-ring (bicyclic) bond motifs is 3. The van der Waals surface area contributed by atoms with E-state index in [2.05, 4.69) is 31.3 Å². The van der Waals surface area contributed by atoms with Crippen molar-refractivity contribution in [3.63, 3.8) is 0 Å². The Morgan fingerprint density at radius 2 is 1.31 bits per heavy atom. The van der Waals surface area contributed by atoms with Crippen LogP contribution in [0.3, 0.4) is 0 Å². The second-order valence-corrected chi connectivity index (χ2v) is 13.4. The molecule has 0 unspecified atom stereocenters. The smallest absolute Gasteiger partial charge is 0.243 e. The molecule has 0 aliphatic carbocycles. The molecule has 17 heteroatoms. The van der Waals surface area contributed by atoms with Crippen molar-refractivity contribution in [1.29, 1.82) is 0 Å². The van der Waals surface area contributed by atoms with Gasteiger partial charge in [-0.2, -0.15) is 0 Å². The van der Waals surface area contributed by atoms with Crippen LogP contribution >= 0.6 is 0 Å². The van der Waals surface area contributed by atoms with Crippen molar-refractivity contribution in [2.45, 2.75) is 69.2 Å². The number of aliphatic imine (C=N–C) groups is 2. The summed E-state index contributed by atoms with van der Waals surface area (Å²) in [6.07, 6.45) is 0.913. The van der Waals surface area contributed by atoms with E-state index in [-0.39, 0.29) is 63.0 Å². The number of aromatic hydroxyl groups is 1. The first-order chi connectivity index (χ1) is 25.9. The Morgan fingerprint density at radius 1 is 0.704 bits per heavy atom. The molecule has 2 heterocycles. The molecular weight excluding hydrogens is 694 g/mol. The van der Waals surface area contributed by atoms with Crippen LogP contribution in [0.5, 0.6) is 5.75 Å². The Morgan fingerprint density at radius 3 is 1.96 bits per heavy atom. The molecule has 0 bridgehead atoms. The molecule has 1 saturated heterocycles. The summed E-state index contributed by atoms with van der Waals surface area (Å²) >= 11 is 0. The molecule has 0 spiro atoms. The highest BCUT2D eigenvalue weighted by molar-refractivity contribution is 5.97. The molecule has 2 aliphatic heterocycles. The van der Waals surface area contributed by atoms with E-state index in [1.54, 1.807) is 6.07 Å². The summed E-state index contributed by atoms with van der Waals surface area (Å²) in [5.74, 6) is -3.43. The van der Waals surface area contributed by atoms with Crippen molar-refractivity contribution in [2.75, 3.05) is 19.6 Å². The fraction of sp³-hybridized carbons (Fsp3) is 0.378. The minimum absolute atomic E-state index is 0.00613. The van der Waals surface area contributed by atoms with Crippen molar-refractivity contribution in [3.05, 3.63) is 77.4 Å². The standard InChI is InChI=1S/C37H47N11O6/c38-36(39)42-13-3-7-27-34(53)47-29(16-21-9-10-22-5-1-2-6-23(22)15-21)32(51)44-19-31(50)48-20-25-17-26(49)12-11-24(25)18-30(48)35(54)46-28(33(52)45-27)8-4-14-43-37(40)41/h1-2,5-6,9-12,15,17,27-30,49H,3-4,7-8,13-14,16,18-20H2,(H,44,51)(H,45,52)(H,46,54)(H,47,53)(H4,38,39,42)(H4,40,41,43)/t27-,28-,29-,30+/m0/s1. The summed E-state index contributed by atoms with van der Waals surface area (Å²) < 4.78 is 0. The number of nitrogens with two attached hydrogens (primary N) is 4. The molecule has 3 aromatic rings. The van der Waals surface area contributed by atoms with Crippen molar-refractivity contribution < 1.29 is 29.1 Å². The van der Waals surface area contributed by atoms with Gasteiger partial charge >= 0.3 is 0 Å². The topological polar surface area (TPSA) is 286 Å². The van der Waals surface area contributed by atoms with Crippen LogP contribution in [0.15, 0.2) is 70.6 Å². The van der Waals surface area contributed by atoms with Crippen LogP contribution in [0.25, 0.3) is 10.8 Å². The zero-order chi connectivity index (χ0) is 38.8. The number of phenols is 1. The molecular formula is C37H47N11O6. The van der Waals surface area contributed by atoms with Gasteiger partial charge in [0.2, 0.25) is 29.5 Å². The summed E-state index contributed by atoms with van der Waals surface area (Å²) in [7, 11) is 0. The number of nitrogens with zero attached hydrogens (tertiary/aromatic N) is 3. The average Bonchev–Trinajstić information content (AvgIpc) is 3.14. The van der Waals surface area contributed by atoms with Gasteiger partial charge in [-0.25, -0.2) is 0 Å². The Bertz CT molecular complexity index is 1940. The van der Waals surface area contributed by atoms with Gasteiger partial charge in [-0.1, -0.05) is 48.5 Å². The molecule has 13 N–H and O–H groups in total. The largest absolute Gasteiger partial charge is 0.508 e. The lowest BCUT2D eigenvalue weighted by molar-refractivity contribution is -0.143. The summed E-state index contributed by atoms with van der Waals surface area (Å²) in [5, 5.41) is 23.1. The SMILES string of the molecule is NC(N)=NCCC[C@@H]1NC(=O)[C@H](CCCN=C(N)N)NC(=O)[C@H]2Cc3ccc(O)cc3CN2C(=O)CNC(=O)[C@H](Cc2ccc3ccccc3c2)NC1=O. The highest BCUT2D eigenvalue weighted by atomic mass is 16.3. The molecule has 17 nitrogen and oxygen atoms in total. The number of nitrogens with one attached hydrogen (secondary N) is 4. The lowest BCUT2D eigenvalue weighted by atomic mass is 9.92. The van der Waals surface area contributed by atoms with E-state index in [9.17, 15) is 29.1 Å². The number of carbonyl (C=O) groups excluding carboxylic acids is 5. The fourth-order valence-corrected chi connectivity index (χ4v) is 6.62. The normalized spacial score (nSPS) is 20.9. The maximum Gasteiger partial charge on any atom is 0.243 e. The van der Waals surface area contributed by atoms with Gasteiger partial charge in [0.1, 0.15) is 29.9 Å². The van der Waals surface area contributed by atoms with E-state index < -0.39 is 60.2 Å². The molecule has 5 rings (SSSR count). The molecule has 0 radical (unpaired) electrons. The van der Waals surface area contributed by atoms with E-state index in [0.29, 0.717) is 18.4 Å². The van der Waals surface area contributed by atoms with Gasteiger partial charge < -0.3 is 54.2 Å². The molecule has 0 aromatic heterocycles. The highest BCUT2D eigenvalue weighted by Gasteiger charge is 2.38. The molecule has 286 valence electrons. The minimum atomic E-state index is -1.16. The van der Waals surface area contributed by atoms with Crippen molar-refractivity contribution in [3.8, 4) is 5.75 Å². The third-order valence-corrected chi connectivity index (χ3v) is 9.40. The van der Waals surface area contributed by atoms with Gasteiger partial charge in [-0.3, -0.25) is 34.0 Å². The van der Waals surface area contributed by atoms with Crippen LogP contribution in [0, 0.1) is 0 Å². The predicted molar refractivity (Wildman–Crippen MR) is 202 cm³/mol. The zero-order valence-corrected chi connectivity index (χ0v) is 29.8. The first kappa shape index (κ1) is 38.8. The first-order valence-electron chi connectivity index (χ1n) is 17.8. The Kier molecular flexibility index (Phi) is 12.9. The van der Waals surface area contributed by atoms with Gasteiger partial charge in [0.05, 0.1) is 6.54 Å². The van der Waals surface area contributed by atoms with E-state index in [0.717, 1.165) is 21.9 Å². The number of phenolic OH excluding ortho intramolecular Hbond substituents is 1. The number of carbonyl (C=O) groups is 5. The maximum atomic E-state index is 14.0. The van der Waals surface area contributed by atoms with E-state index >= 15 is 0 Å². The van der Waals surface area contributed by atoms with Crippen molar-refractivity contribution in [2.24, 2.45) is 32.9 Å². The summed E-state index contributed by atoms with van der Waals surface area (Å²) in [6.45, 7) is -0.185. The maximum absolute atomic E-state index is 14.0. The van der Waals surface area contributed by atoms with Gasteiger partial charge in [0, 0.05) is 32.5 Å². The Hall–Kier alpha value is -6.39. The number of amides is 5. The first-order valence-corrected chi connectivity index (χ1v) is 17.8. The van der Waals surface area contributed by atoms with Crippen molar-refractivity contribution in [1.82, 2.24) is 26.2 Å². The molecule has 3 aromatic carbocycles. The zero-order valence-electron chi connectivity index (χ0n) is 29.8. The summed E-state index contributed by atoms with van der Waals surface area (Å²) in [6, 6.07) is 13.6. The Labute approximate surface area is 312 Å². The van der Waals surface area contributed by atoms with E-state index in [1.807, 2.05) is 42.5 Å².